The van der Waals surface area contributed by atoms with E-state index >= 15 is 0 Å². The zero-order valence-electron chi connectivity index (χ0n) is 16.4. The van der Waals surface area contributed by atoms with Gasteiger partial charge in [0.2, 0.25) is 0 Å². The Balaban J connectivity index is 2.02. The first-order valence-electron chi connectivity index (χ1n) is 8.94. The summed E-state index contributed by atoms with van der Waals surface area (Å²) in [5.41, 5.74) is 7.72. The minimum Gasteiger partial charge on any atom is -0.444 e. The Kier molecular flexibility index (Phi) is 6.36. The Labute approximate surface area is 155 Å². The molecule has 1 heterocycles. The van der Waals surface area contributed by atoms with Crippen LogP contribution in [0.4, 0.5) is 16.2 Å². The highest BCUT2D eigenvalue weighted by atomic mass is 16.6. The largest absolute Gasteiger partial charge is 0.444 e. The fraction of sp³-hybridized carbons (Fsp3) is 0.632. The summed E-state index contributed by atoms with van der Waals surface area (Å²) in [6.07, 6.45) is 0.324. The van der Waals surface area contributed by atoms with Crippen molar-refractivity contribution in [1.29, 1.82) is 0 Å². The van der Waals surface area contributed by atoms with Crippen molar-refractivity contribution in [3.05, 3.63) is 23.8 Å². The van der Waals surface area contributed by atoms with Crippen molar-refractivity contribution >= 4 is 17.5 Å². The Morgan fingerprint density at radius 2 is 1.96 bits per heavy atom. The van der Waals surface area contributed by atoms with Gasteiger partial charge >= 0.3 is 6.09 Å². The summed E-state index contributed by atoms with van der Waals surface area (Å²) < 4.78 is 10.4. The van der Waals surface area contributed by atoms with E-state index in [4.69, 9.17) is 15.2 Å². The minimum atomic E-state index is -1.04. The number of ether oxygens (including phenoxy) is 2. The minimum absolute atomic E-state index is 0.134. The molecule has 146 valence electrons. The van der Waals surface area contributed by atoms with Gasteiger partial charge in [-0.3, -0.25) is 0 Å². The van der Waals surface area contributed by atoms with Crippen LogP contribution >= 0.6 is 0 Å². The summed E-state index contributed by atoms with van der Waals surface area (Å²) in [6.45, 7) is 7.14. The maximum atomic E-state index is 12.2. The van der Waals surface area contributed by atoms with Gasteiger partial charge in [0.1, 0.15) is 5.60 Å². The molecule has 2 rings (SSSR count). The van der Waals surface area contributed by atoms with Gasteiger partial charge in [0.25, 0.3) is 0 Å². The SMILES string of the molecule is COC(O)c1cccc(N2CCC(N(C)C(=O)OC(C)(C)C)CC2)c1N. The van der Waals surface area contributed by atoms with E-state index in [0.717, 1.165) is 31.6 Å². The highest BCUT2D eigenvalue weighted by molar-refractivity contribution is 5.72. The summed E-state index contributed by atoms with van der Waals surface area (Å²) in [6, 6.07) is 5.70. The lowest BCUT2D eigenvalue weighted by Crippen LogP contribution is -2.47. The number of nitrogen functional groups attached to an aromatic ring is 1. The van der Waals surface area contributed by atoms with Crippen LogP contribution in [0.1, 0.15) is 45.5 Å². The third-order valence-electron chi connectivity index (χ3n) is 4.64. The number of methoxy groups -OCH3 is 1. The van der Waals surface area contributed by atoms with Gasteiger partial charge in [-0.25, -0.2) is 4.79 Å². The number of piperidine rings is 1. The number of benzene rings is 1. The van der Waals surface area contributed by atoms with Crippen molar-refractivity contribution < 1.29 is 19.4 Å². The van der Waals surface area contributed by atoms with Crippen molar-refractivity contribution in [2.45, 2.75) is 51.5 Å². The van der Waals surface area contributed by atoms with Gasteiger partial charge in [-0.15, -0.1) is 0 Å². The summed E-state index contributed by atoms with van der Waals surface area (Å²) in [5.74, 6) is 0. The topological polar surface area (TPSA) is 88.3 Å². The Morgan fingerprint density at radius 1 is 1.35 bits per heavy atom. The van der Waals surface area contributed by atoms with Crippen LogP contribution in [0.2, 0.25) is 0 Å². The second-order valence-corrected chi connectivity index (χ2v) is 7.68. The molecule has 3 N–H and O–H groups in total. The molecule has 1 fully saturated rings. The molecule has 7 nitrogen and oxygen atoms in total. The molecule has 0 aromatic heterocycles. The smallest absolute Gasteiger partial charge is 0.410 e. The molecular weight excluding hydrogens is 334 g/mol. The highest BCUT2D eigenvalue weighted by Gasteiger charge is 2.29. The van der Waals surface area contributed by atoms with Gasteiger partial charge in [-0.1, -0.05) is 12.1 Å². The number of carbonyl (C=O) groups excluding carboxylic acids is 1. The normalized spacial score (nSPS) is 17.1. The quantitative estimate of drug-likeness (QED) is 0.630. The molecule has 0 bridgehead atoms. The van der Waals surface area contributed by atoms with Crippen LogP contribution in [0.3, 0.4) is 0 Å². The maximum absolute atomic E-state index is 12.2. The number of para-hydroxylation sites is 1. The summed E-state index contributed by atoms with van der Waals surface area (Å²) >= 11 is 0. The number of hydrogen-bond acceptors (Lipinski definition) is 6. The molecule has 0 radical (unpaired) electrons. The second kappa shape index (κ2) is 8.14. The molecular formula is C19H31N3O4. The summed E-state index contributed by atoms with van der Waals surface area (Å²) in [7, 11) is 3.23. The van der Waals surface area contributed by atoms with Crippen LogP contribution in [0.15, 0.2) is 18.2 Å². The van der Waals surface area contributed by atoms with Crippen molar-refractivity contribution in [1.82, 2.24) is 4.90 Å². The van der Waals surface area contributed by atoms with E-state index < -0.39 is 11.9 Å². The summed E-state index contributed by atoms with van der Waals surface area (Å²) in [5, 5.41) is 9.92. The van der Waals surface area contributed by atoms with Crippen LogP contribution in [0.25, 0.3) is 0 Å². The lowest BCUT2D eigenvalue weighted by atomic mass is 10.0. The molecule has 1 aliphatic heterocycles. The molecule has 0 saturated carbocycles. The average Bonchev–Trinajstić information content (AvgIpc) is 2.59. The fourth-order valence-corrected chi connectivity index (χ4v) is 3.17. The van der Waals surface area contributed by atoms with Crippen LogP contribution in [0.5, 0.6) is 0 Å². The van der Waals surface area contributed by atoms with Crippen molar-refractivity contribution in [2.75, 3.05) is 37.9 Å². The van der Waals surface area contributed by atoms with Crippen LogP contribution in [-0.4, -0.2) is 55.0 Å². The zero-order valence-corrected chi connectivity index (χ0v) is 16.4. The number of amides is 1. The molecule has 26 heavy (non-hydrogen) atoms. The standard InChI is InChI=1S/C19H31N3O4/c1-19(2,3)26-18(24)21(4)13-9-11-22(12-10-13)15-8-6-7-14(16(15)20)17(23)25-5/h6-8,13,17,23H,9-12,20H2,1-5H3. The molecule has 1 unspecified atom stereocenters. The van der Waals surface area contributed by atoms with Gasteiger partial charge < -0.3 is 30.1 Å². The molecule has 1 saturated heterocycles. The molecule has 0 spiro atoms. The third kappa shape index (κ3) is 4.80. The number of aliphatic hydroxyl groups is 1. The van der Waals surface area contributed by atoms with Gasteiger partial charge in [0.15, 0.2) is 6.29 Å². The average molecular weight is 365 g/mol. The van der Waals surface area contributed by atoms with Crippen molar-refractivity contribution in [3.8, 4) is 0 Å². The molecule has 1 atom stereocenters. The van der Waals surface area contributed by atoms with Gasteiger partial charge in [0, 0.05) is 38.9 Å². The second-order valence-electron chi connectivity index (χ2n) is 7.68. The monoisotopic (exact) mass is 365 g/mol. The lowest BCUT2D eigenvalue weighted by Gasteiger charge is -2.38. The van der Waals surface area contributed by atoms with E-state index in [0.29, 0.717) is 11.3 Å². The van der Waals surface area contributed by atoms with Crippen LogP contribution in [-0.2, 0) is 9.47 Å². The fourth-order valence-electron chi connectivity index (χ4n) is 3.17. The van der Waals surface area contributed by atoms with E-state index in [1.165, 1.54) is 7.11 Å². The van der Waals surface area contributed by atoms with Crippen molar-refractivity contribution in [3.63, 3.8) is 0 Å². The molecule has 1 aromatic carbocycles. The predicted octanol–water partition coefficient (Wildman–Crippen LogP) is 2.74. The lowest BCUT2D eigenvalue weighted by molar-refractivity contribution is -0.0763. The number of nitrogens with two attached hydrogens (primary N) is 1. The molecule has 1 aliphatic rings. The number of carbonyl (C=O) groups is 1. The van der Waals surface area contributed by atoms with E-state index in [2.05, 4.69) is 4.90 Å². The molecule has 1 amide bonds. The molecule has 7 heteroatoms. The Bertz CT molecular complexity index is 622. The number of anilines is 2. The van der Waals surface area contributed by atoms with Crippen LogP contribution in [0, 0.1) is 0 Å². The Morgan fingerprint density at radius 3 is 2.50 bits per heavy atom. The number of rotatable bonds is 4. The van der Waals surface area contributed by atoms with E-state index in [1.807, 2.05) is 32.9 Å². The number of aliphatic hydroxyl groups excluding tert-OH is 1. The maximum Gasteiger partial charge on any atom is 0.410 e. The molecule has 0 aliphatic carbocycles. The Hall–Kier alpha value is -1.99. The first-order chi connectivity index (χ1) is 12.1. The zero-order chi connectivity index (χ0) is 19.5. The summed E-state index contributed by atoms with van der Waals surface area (Å²) in [4.78, 5) is 16.1. The van der Waals surface area contributed by atoms with E-state index in [9.17, 15) is 9.90 Å². The highest BCUT2D eigenvalue weighted by Crippen LogP contribution is 2.33. The van der Waals surface area contributed by atoms with Crippen molar-refractivity contribution in [2.24, 2.45) is 0 Å². The van der Waals surface area contributed by atoms with E-state index in [-0.39, 0.29) is 12.1 Å². The first-order valence-corrected chi connectivity index (χ1v) is 8.94. The number of hydrogen-bond donors (Lipinski definition) is 2. The van der Waals surface area contributed by atoms with Gasteiger partial charge in [-0.2, -0.15) is 0 Å². The van der Waals surface area contributed by atoms with Gasteiger partial charge in [-0.05, 0) is 39.7 Å². The van der Waals surface area contributed by atoms with Gasteiger partial charge in [0.05, 0.1) is 11.4 Å². The van der Waals surface area contributed by atoms with E-state index in [1.54, 1.807) is 18.0 Å². The third-order valence-corrected chi connectivity index (χ3v) is 4.64. The molecule has 1 aromatic rings. The number of nitrogens with zero attached hydrogens (tertiary/aromatic N) is 2. The van der Waals surface area contributed by atoms with Crippen LogP contribution < -0.4 is 10.6 Å². The first kappa shape index (κ1) is 20.3. The predicted molar refractivity (Wildman–Crippen MR) is 102 cm³/mol.